The fourth-order valence-electron chi connectivity index (χ4n) is 5.55. The molecule has 7 heteroatoms. The van der Waals surface area contributed by atoms with Crippen molar-refractivity contribution in [3.63, 3.8) is 0 Å². The zero-order valence-corrected chi connectivity index (χ0v) is 23.9. The Kier molecular flexibility index (Phi) is 12.9. The summed E-state index contributed by atoms with van der Waals surface area (Å²) < 4.78 is 0. The van der Waals surface area contributed by atoms with Gasteiger partial charge in [0.05, 0.1) is 22.1 Å². The Morgan fingerprint density at radius 3 is 1.82 bits per heavy atom. The second-order valence-corrected chi connectivity index (χ2v) is 10.8. The SMILES string of the molecule is CCCCCCCCCCCCCCCCN1C(=O)C(=O)C(=C(O)c2ccccc2)[C@H]1c1ccccc1[N+](=O)[O-]. The minimum absolute atomic E-state index is 0.101. The predicted molar refractivity (Wildman–Crippen MR) is 159 cm³/mol. The molecule has 7 nitrogen and oxygen atoms in total. The Hall–Kier alpha value is -3.48. The van der Waals surface area contributed by atoms with Crippen LogP contribution in [0.25, 0.3) is 5.76 Å². The van der Waals surface area contributed by atoms with E-state index in [2.05, 4.69) is 6.92 Å². The van der Waals surface area contributed by atoms with Gasteiger partial charge in [0.1, 0.15) is 5.76 Å². The summed E-state index contributed by atoms with van der Waals surface area (Å²) in [5, 5.41) is 22.9. The average Bonchev–Trinajstić information content (AvgIpc) is 3.22. The van der Waals surface area contributed by atoms with E-state index in [1.54, 1.807) is 48.5 Å². The highest BCUT2D eigenvalue weighted by molar-refractivity contribution is 6.46. The number of likely N-dealkylation sites (tertiary alicyclic amines) is 1. The van der Waals surface area contributed by atoms with Gasteiger partial charge in [-0.25, -0.2) is 0 Å². The zero-order chi connectivity index (χ0) is 28.7. The van der Waals surface area contributed by atoms with Crippen LogP contribution < -0.4 is 0 Å². The van der Waals surface area contributed by atoms with Gasteiger partial charge < -0.3 is 10.0 Å². The second kappa shape index (κ2) is 16.6. The number of nitro benzene ring substituents is 1. The molecule has 1 aliphatic rings. The third kappa shape index (κ3) is 8.51. The molecule has 0 saturated carbocycles. The highest BCUT2D eigenvalue weighted by atomic mass is 16.6. The van der Waals surface area contributed by atoms with Gasteiger partial charge in [0, 0.05) is 18.2 Å². The lowest BCUT2D eigenvalue weighted by atomic mass is 9.94. The number of hydrogen-bond donors (Lipinski definition) is 1. The van der Waals surface area contributed by atoms with E-state index in [1.165, 1.54) is 75.2 Å². The Morgan fingerprint density at radius 1 is 0.775 bits per heavy atom. The molecule has 216 valence electrons. The molecule has 1 fully saturated rings. The number of para-hydroxylation sites is 1. The number of Topliss-reactive ketones (excluding diaryl/α,β-unsaturated/α-hetero) is 1. The normalized spacial score (nSPS) is 16.5. The van der Waals surface area contributed by atoms with Gasteiger partial charge in [-0.1, -0.05) is 133 Å². The summed E-state index contributed by atoms with van der Waals surface area (Å²) in [5.41, 5.74) is 0.338. The van der Waals surface area contributed by atoms with E-state index in [0.29, 0.717) is 18.5 Å². The largest absolute Gasteiger partial charge is 0.507 e. The first-order valence-electron chi connectivity index (χ1n) is 15.0. The van der Waals surface area contributed by atoms with Crippen LogP contribution in [-0.4, -0.2) is 33.2 Å². The van der Waals surface area contributed by atoms with E-state index < -0.39 is 22.7 Å². The maximum atomic E-state index is 13.2. The molecule has 1 amide bonds. The molecule has 0 spiro atoms. The molecule has 1 heterocycles. The first kappa shape index (κ1) is 31.1. The van der Waals surface area contributed by atoms with Gasteiger partial charge in [-0.05, 0) is 12.5 Å². The van der Waals surface area contributed by atoms with Gasteiger partial charge >= 0.3 is 0 Å². The fraction of sp³-hybridized carbons (Fsp3) is 0.515. The van der Waals surface area contributed by atoms with Crippen LogP contribution in [0.15, 0.2) is 60.2 Å². The number of ketones is 1. The number of carbonyl (C=O) groups excluding carboxylic acids is 2. The average molecular weight is 549 g/mol. The molecule has 1 N–H and O–H groups in total. The van der Waals surface area contributed by atoms with Crippen molar-refractivity contribution in [3.8, 4) is 0 Å². The lowest BCUT2D eigenvalue weighted by molar-refractivity contribution is -0.385. The topological polar surface area (TPSA) is 101 Å². The molecule has 1 aliphatic heterocycles. The van der Waals surface area contributed by atoms with Crippen LogP contribution in [0.5, 0.6) is 0 Å². The van der Waals surface area contributed by atoms with E-state index >= 15 is 0 Å². The van der Waals surface area contributed by atoms with E-state index in [9.17, 15) is 24.8 Å². The van der Waals surface area contributed by atoms with E-state index in [0.717, 1.165) is 19.3 Å². The summed E-state index contributed by atoms with van der Waals surface area (Å²) >= 11 is 0. The minimum Gasteiger partial charge on any atom is -0.507 e. The van der Waals surface area contributed by atoms with Gasteiger partial charge in [0.15, 0.2) is 0 Å². The molecule has 1 saturated heterocycles. The summed E-state index contributed by atoms with van der Waals surface area (Å²) in [6.45, 7) is 2.54. The lowest BCUT2D eigenvalue weighted by Crippen LogP contribution is -2.31. The molecule has 0 unspecified atom stereocenters. The van der Waals surface area contributed by atoms with Crippen molar-refractivity contribution < 1.29 is 19.6 Å². The van der Waals surface area contributed by atoms with Crippen LogP contribution in [0, 0.1) is 10.1 Å². The zero-order valence-electron chi connectivity index (χ0n) is 23.9. The number of aliphatic hydroxyl groups is 1. The Bertz CT molecular complexity index is 1140. The predicted octanol–water partition coefficient (Wildman–Crippen LogP) is 8.50. The number of aliphatic hydroxyl groups excluding tert-OH is 1. The molecular formula is C33H44N2O5. The quantitative estimate of drug-likeness (QED) is 0.0502. The highest BCUT2D eigenvalue weighted by Crippen LogP contribution is 2.42. The standard InChI is InChI=1S/C33H44N2O5/c1-2-3-4-5-6-7-8-9-10-11-12-13-14-20-25-34-30(27-23-18-19-24-28(27)35(39)40)29(32(37)33(34)38)31(36)26-21-16-15-17-22-26/h15-19,21-24,30,36H,2-14,20,25H2,1H3/t30-/m1/s1. The highest BCUT2D eigenvalue weighted by Gasteiger charge is 2.47. The smallest absolute Gasteiger partial charge is 0.295 e. The number of nitro groups is 1. The lowest BCUT2D eigenvalue weighted by Gasteiger charge is -2.25. The van der Waals surface area contributed by atoms with Gasteiger partial charge in [-0.15, -0.1) is 0 Å². The van der Waals surface area contributed by atoms with Crippen LogP contribution in [0.3, 0.4) is 0 Å². The molecule has 0 bridgehead atoms. The van der Waals surface area contributed by atoms with Crippen molar-refractivity contribution in [2.45, 2.75) is 103 Å². The van der Waals surface area contributed by atoms with Crippen LogP contribution in [0.4, 0.5) is 5.69 Å². The number of rotatable bonds is 18. The Labute approximate surface area is 238 Å². The van der Waals surface area contributed by atoms with E-state index in [4.69, 9.17) is 0 Å². The molecule has 0 aromatic heterocycles. The van der Waals surface area contributed by atoms with Crippen LogP contribution in [0.2, 0.25) is 0 Å². The number of amides is 1. The summed E-state index contributed by atoms with van der Waals surface area (Å²) in [6.07, 6.45) is 16.9. The third-order valence-electron chi connectivity index (χ3n) is 7.77. The first-order chi connectivity index (χ1) is 19.5. The van der Waals surface area contributed by atoms with E-state index in [-0.39, 0.29) is 22.6 Å². The number of benzene rings is 2. The summed E-state index contributed by atoms with van der Waals surface area (Å²) in [4.78, 5) is 39.0. The Balaban J connectivity index is 1.58. The minimum atomic E-state index is -1.01. The van der Waals surface area contributed by atoms with Crippen LogP contribution in [-0.2, 0) is 9.59 Å². The Morgan fingerprint density at radius 2 is 1.27 bits per heavy atom. The molecule has 1 atom stereocenters. The molecule has 40 heavy (non-hydrogen) atoms. The molecule has 0 radical (unpaired) electrons. The fourth-order valence-corrected chi connectivity index (χ4v) is 5.55. The van der Waals surface area contributed by atoms with Gasteiger partial charge in [-0.2, -0.15) is 0 Å². The monoisotopic (exact) mass is 548 g/mol. The molecule has 0 aliphatic carbocycles. The van der Waals surface area contributed by atoms with Crippen molar-refractivity contribution in [1.29, 1.82) is 0 Å². The third-order valence-corrected chi connectivity index (χ3v) is 7.77. The number of nitrogens with zero attached hydrogens (tertiary/aromatic N) is 2. The second-order valence-electron chi connectivity index (χ2n) is 10.8. The number of unbranched alkanes of at least 4 members (excludes halogenated alkanes) is 13. The molecule has 2 aromatic carbocycles. The van der Waals surface area contributed by atoms with Crippen LogP contribution in [0.1, 0.15) is 114 Å². The maximum Gasteiger partial charge on any atom is 0.295 e. The van der Waals surface area contributed by atoms with Crippen molar-refractivity contribution >= 4 is 23.1 Å². The molecule has 3 rings (SSSR count). The van der Waals surface area contributed by atoms with Gasteiger partial charge in [-0.3, -0.25) is 19.7 Å². The van der Waals surface area contributed by atoms with E-state index in [1.807, 2.05) is 0 Å². The van der Waals surface area contributed by atoms with Crippen molar-refractivity contribution in [2.75, 3.05) is 6.54 Å². The summed E-state index contributed by atoms with van der Waals surface area (Å²) in [7, 11) is 0. The summed E-state index contributed by atoms with van der Waals surface area (Å²) in [5.74, 6) is -1.85. The van der Waals surface area contributed by atoms with Crippen molar-refractivity contribution in [2.24, 2.45) is 0 Å². The van der Waals surface area contributed by atoms with Crippen LogP contribution >= 0.6 is 0 Å². The number of hydrogen-bond acceptors (Lipinski definition) is 5. The first-order valence-corrected chi connectivity index (χ1v) is 15.0. The summed E-state index contributed by atoms with van der Waals surface area (Å²) in [6, 6.07) is 13.6. The maximum absolute atomic E-state index is 13.2. The van der Waals surface area contributed by atoms with Gasteiger partial charge in [0.2, 0.25) is 0 Å². The molecular weight excluding hydrogens is 504 g/mol. The van der Waals surface area contributed by atoms with Crippen molar-refractivity contribution in [1.82, 2.24) is 4.90 Å². The van der Waals surface area contributed by atoms with Crippen molar-refractivity contribution in [3.05, 3.63) is 81.4 Å². The number of carbonyl (C=O) groups is 2. The van der Waals surface area contributed by atoms with Gasteiger partial charge in [0.25, 0.3) is 17.4 Å². The molecule has 2 aromatic rings.